The van der Waals surface area contributed by atoms with Gasteiger partial charge in [0.25, 0.3) is 0 Å². The van der Waals surface area contributed by atoms with E-state index in [2.05, 4.69) is 152 Å². The maximum atomic E-state index is 6.54. The molecule has 0 amide bonds. The third-order valence-corrected chi connectivity index (χ3v) is 12.3. The third kappa shape index (κ3) is 4.81. The predicted molar refractivity (Wildman–Crippen MR) is 234 cm³/mol. The lowest BCUT2D eigenvalue weighted by molar-refractivity contribution is 0.673. The van der Waals surface area contributed by atoms with Crippen molar-refractivity contribution in [2.45, 2.75) is 0 Å². The van der Waals surface area contributed by atoms with Crippen LogP contribution in [0.25, 0.3) is 120 Å². The van der Waals surface area contributed by atoms with Crippen LogP contribution in [-0.4, -0.2) is 15.0 Å². The first-order valence-corrected chi connectivity index (χ1v) is 19.6. The zero-order valence-corrected chi connectivity index (χ0v) is 30.7. The van der Waals surface area contributed by atoms with Gasteiger partial charge in [0.05, 0.1) is 0 Å². The summed E-state index contributed by atoms with van der Waals surface area (Å²) >= 11 is 1.82. The Balaban J connectivity index is 1.000. The number of para-hydroxylation sites is 1. The van der Waals surface area contributed by atoms with E-state index >= 15 is 0 Å². The summed E-state index contributed by atoms with van der Waals surface area (Å²) in [6.45, 7) is 0. The maximum Gasteiger partial charge on any atom is 0.164 e. The van der Waals surface area contributed by atoms with Crippen LogP contribution < -0.4 is 0 Å². The summed E-state index contributed by atoms with van der Waals surface area (Å²) in [4.78, 5) is 15.2. The van der Waals surface area contributed by atoms with E-state index in [9.17, 15) is 0 Å². The molecule has 260 valence electrons. The lowest BCUT2D eigenvalue weighted by Gasteiger charge is -2.11. The van der Waals surface area contributed by atoms with Crippen LogP contribution in [0.1, 0.15) is 0 Å². The Kier molecular flexibility index (Phi) is 6.76. The Morgan fingerprint density at radius 1 is 0.375 bits per heavy atom. The van der Waals surface area contributed by atoms with E-state index in [0.29, 0.717) is 17.5 Å². The monoisotopic (exact) mass is 731 g/mol. The van der Waals surface area contributed by atoms with Gasteiger partial charge in [-0.05, 0) is 62.1 Å². The van der Waals surface area contributed by atoms with E-state index in [1.807, 2.05) is 35.6 Å². The number of aromatic nitrogens is 3. The summed E-state index contributed by atoms with van der Waals surface area (Å²) in [5, 5.41) is 12.0. The molecule has 0 aliphatic rings. The molecule has 0 unspecified atom stereocenters. The highest BCUT2D eigenvalue weighted by molar-refractivity contribution is 7.26. The number of hydrogen-bond donors (Lipinski definition) is 0. The van der Waals surface area contributed by atoms with Crippen molar-refractivity contribution < 1.29 is 4.42 Å². The van der Waals surface area contributed by atoms with Gasteiger partial charge >= 0.3 is 0 Å². The van der Waals surface area contributed by atoms with Crippen molar-refractivity contribution >= 4 is 85.8 Å². The lowest BCUT2D eigenvalue weighted by atomic mass is 9.96. The van der Waals surface area contributed by atoms with Gasteiger partial charge in [-0.2, -0.15) is 0 Å². The van der Waals surface area contributed by atoms with Crippen LogP contribution in [0, 0.1) is 0 Å². The maximum absolute atomic E-state index is 6.54. The summed E-state index contributed by atoms with van der Waals surface area (Å²) in [6, 6.07) is 62.1. The number of fused-ring (bicyclic) bond motifs is 12. The van der Waals surface area contributed by atoms with Crippen molar-refractivity contribution in [2.24, 2.45) is 0 Å². The molecule has 0 spiro atoms. The minimum atomic E-state index is 0.633. The average molecular weight is 732 g/mol. The normalized spacial score (nSPS) is 11.9. The predicted octanol–water partition coefficient (Wildman–Crippen LogP) is 14.3. The van der Waals surface area contributed by atoms with Crippen LogP contribution in [0.2, 0.25) is 0 Å². The molecule has 0 aliphatic heterocycles. The molecule has 3 heterocycles. The van der Waals surface area contributed by atoms with Crippen molar-refractivity contribution in [2.75, 3.05) is 0 Å². The highest BCUT2D eigenvalue weighted by Gasteiger charge is 2.20. The number of thiophene rings is 1. The minimum Gasteiger partial charge on any atom is -0.455 e. The third-order valence-electron chi connectivity index (χ3n) is 11.1. The summed E-state index contributed by atoms with van der Waals surface area (Å²) in [5.74, 6) is 1.92. The molecule has 0 fully saturated rings. The minimum absolute atomic E-state index is 0.633. The second-order valence-electron chi connectivity index (χ2n) is 14.3. The van der Waals surface area contributed by atoms with Gasteiger partial charge in [0.15, 0.2) is 17.5 Å². The van der Waals surface area contributed by atoms with Crippen molar-refractivity contribution in [3.05, 3.63) is 176 Å². The van der Waals surface area contributed by atoms with Crippen LogP contribution in [0.5, 0.6) is 0 Å². The Hall–Kier alpha value is -7.21. The largest absolute Gasteiger partial charge is 0.455 e. The smallest absolute Gasteiger partial charge is 0.164 e. The Labute approximate surface area is 325 Å². The van der Waals surface area contributed by atoms with Crippen LogP contribution in [-0.2, 0) is 0 Å². The Morgan fingerprint density at radius 2 is 0.946 bits per heavy atom. The van der Waals surface area contributed by atoms with E-state index in [1.54, 1.807) is 0 Å². The molecule has 3 aromatic heterocycles. The van der Waals surface area contributed by atoms with Gasteiger partial charge in [0, 0.05) is 53.2 Å². The summed E-state index contributed by atoms with van der Waals surface area (Å²) in [5.41, 5.74) is 6.98. The molecule has 12 rings (SSSR count). The van der Waals surface area contributed by atoms with E-state index in [0.717, 1.165) is 49.6 Å². The van der Waals surface area contributed by atoms with Gasteiger partial charge in [0.2, 0.25) is 0 Å². The molecule has 0 bridgehead atoms. The molecule has 9 aromatic carbocycles. The zero-order chi connectivity index (χ0) is 36.7. The summed E-state index contributed by atoms with van der Waals surface area (Å²) in [6.07, 6.45) is 0. The highest BCUT2D eigenvalue weighted by atomic mass is 32.1. The zero-order valence-electron chi connectivity index (χ0n) is 29.9. The van der Waals surface area contributed by atoms with Crippen LogP contribution in [0.3, 0.4) is 0 Å². The number of hydrogen-bond acceptors (Lipinski definition) is 5. The van der Waals surface area contributed by atoms with Crippen molar-refractivity contribution in [1.82, 2.24) is 15.0 Å². The fourth-order valence-electron chi connectivity index (χ4n) is 8.40. The van der Waals surface area contributed by atoms with Gasteiger partial charge in [-0.1, -0.05) is 152 Å². The second-order valence-corrected chi connectivity index (χ2v) is 15.4. The quantitative estimate of drug-likeness (QED) is 0.169. The fraction of sp³-hybridized carbons (Fsp3) is 0. The Bertz CT molecular complexity index is 3530. The molecule has 0 saturated heterocycles. The molecular formula is C51H29N3OS. The van der Waals surface area contributed by atoms with Gasteiger partial charge in [-0.15, -0.1) is 11.3 Å². The molecule has 0 radical (unpaired) electrons. The van der Waals surface area contributed by atoms with E-state index in [1.165, 1.54) is 52.7 Å². The molecule has 0 atom stereocenters. The van der Waals surface area contributed by atoms with Gasteiger partial charge in [0.1, 0.15) is 11.2 Å². The van der Waals surface area contributed by atoms with Crippen LogP contribution in [0.15, 0.2) is 180 Å². The van der Waals surface area contributed by atoms with E-state index in [-0.39, 0.29) is 0 Å². The molecular weight excluding hydrogens is 703 g/mol. The number of rotatable bonds is 4. The van der Waals surface area contributed by atoms with Gasteiger partial charge < -0.3 is 4.42 Å². The van der Waals surface area contributed by atoms with Gasteiger partial charge in [-0.25, -0.2) is 15.0 Å². The highest BCUT2D eigenvalue weighted by Crippen LogP contribution is 2.47. The standard InChI is InChI=1S/C51H29N3OS/c1-2-11-32(12-3-1)49-52-50(54-51(53-49)35-24-25-37-34(28-35)23-27-38-36-13-5-4-10-30(36)22-26-39(37)38)33-20-18-31(19-21-33)42-29-43-40-14-6-8-16-44(40)55-47(43)46-41-15-7-9-17-45(41)56-48(42)46/h1-29H. The molecule has 0 aliphatic carbocycles. The molecule has 12 aromatic rings. The molecule has 4 nitrogen and oxygen atoms in total. The number of nitrogens with zero attached hydrogens (tertiary/aromatic N) is 3. The molecule has 0 saturated carbocycles. The average Bonchev–Trinajstić information content (AvgIpc) is 3.85. The van der Waals surface area contributed by atoms with Crippen molar-refractivity contribution in [3.8, 4) is 45.3 Å². The van der Waals surface area contributed by atoms with Crippen molar-refractivity contribution in [1.29, 1.82) is 0 Å². The van der Waals surface area contributed by atoms with Gasteiger partial charge in [-0.3, -0.25) is 0 Å². The fourth-order valence-corrected chi connectivity index (χ4v) is 9.63. The van der Waals surface area contributed by atoms with Crippen molar-refractivity contribution in [3.63, 3.8) is 0 Å². The first kappa shape index (κ1) is 31.2. The summed E-state index contributed by atoms with van der Waals surface area (Å²) in [7, 11) is 0. The number of furan rings is 1. The molecule has 56 heavy (non-hydrogen) atoms. The number of benzene rings is 9. The SMILES string of the molecule is c1ccc(-c2nc(-c3ccc(-c4cc5c6ccccc6oc5c5c4sc4ccccc45)cc3)nc(-c3ccc4c(ccc5c6ccccc6ccc45)c3)n2)cc1. The van der Waals surface area contributed by atoms with Crippen LogP contribution >= 0.6 is 11.3 Å². The van der Waals surface area contributed by atoms with Crippen LogP contribution in [0.4, 0.5) is 0 Å². The Morgan fingerprint density at radius 3 is 1.75 bits per heavy atom. The first-order valence-electron chi connectivity index (χ1n) is 18.8. The second kappa shape index (κ2) is 12.2. The lowest BCUT2D eigenvalue weighted by Crippen LogP contribution is -2.00. The van der Waals surface area contributed by atoms with E-state index < -0.39 is 0 Å². The topological polar surface area (TPSA) is 51.8 Å². The van der Waals surface area contributed by atoms with E-state index in [4.69, 9.17) is 19.4 Å². The first-order chi connectivity index (χ1) is 27.7. The molecule has 5 heteroatoms. The summed E-state index contributed by atoms with van der Waals surface area (Å²) < 4.78 is 9.00. The molecule has 0 N–H and O–H groups in total.